The van der Waals surface area contributed by atoms with Crippen molar-refractivity contribution in [3.8, 4) is 5.82 Å². The third-order valence-corrected chi connectivity index (χ3v) is 5.42. The predicted octanol–water partition coefficient (Wildman–Crippen LogP) is 3.58. The molecule has 9 nitrogen and oxygen atoms in total. The molecule has 2 aromatic carbocycles. The number of aromatic nitrogens is 3. The number of nitrogens with one attached hydrogen (secondary N) is 2. The van der Waals surface area contributed by atoms with Crippen LogP contribution in [0.5, 0.6) is 0 Å². The molecule has 0 radical (unpaired) electrons. The average molecular weight is 472 g/mol. The fraction of sp³-hybridized carbons (Fsp3) is 0.192. The number of esters is 1. The minimum absolute atomic E-state index is 0.0823. The molecule has 0 bridgehead atoms. The molecule has 35 heavy (non-hydrogen) atoms. The molecule has 2 N–H and O–H groups in total. The Morgan fingerprint density at radius 2 is 1.77 bits per heavy atom. The van der Waals surface area contributed by atoms with Gasteiger partial charge in [-0.15, -0.1) is 0 Å². The molecule has 0 saturated carbocycles. The van der Waals surface area contributed by atoms with Crippen molar-refractivity contribution >= 4 is 34.5 Å². The number of pyridine rings is 1. The van der Waals surface area contributed by atoms with E-state index in [0.29, 0.717) is 11.4 Å². The van der Waals surface area contributed by atoms with E-state index >= 15 is 0 Å². The van der Waals surface area contributed by atoms with E-state index in [4.69, 9.17) is 9.72 Å². The molecule has 4 aromatic rings. The Kier molecular flexibility index (Phi) is 6.86. The van der Waals surface area contributed by atoms with Crippen molar-refractivity contribution in [2.45, 2.75) is 20.8 Å². The lowest BCUT2D eigenvalue weighted by Gasteiger charge is -2.13. The van der Waals surface area contributed by atoms with Gasteiger partial charge in [0.05, 0.1) is 24.9 Å². The lowest BCUT2D eigenvalue weighted by Crippen LogP contribution is -2.33. The maximum atomic E-state index is 12.8. The summed E-state index contributed by atoms with van der Waals surface area (Å²) in [6.45, 7) is 5.47. The molecule has 4 rings (SSSR count). The van der Waals surface area contributed by atoms with Crippen LogP contribution in [0.3, 0.4) is 0 Å². The number of rotatable bonds is 7. The normalized spacial score (nSPS) is 10.7. The van der Waals surface area contributed by atoms with Crippen molar-refractivity contribution in [1.29, 1.82) is 0 Å². The SMILES string of the molecule is CCOC(=O)c1cnn(-c2cc(C)c3cccc(C)c3n2)c1NC(=O)CNC(=O)c1ccccc1. The van der Waals surface area contributed by atoms with Crippen molar-refractivity contribution in [2.75, 3.05) is 18.5 Å². The number of ether oxygens (including phenoxy) is 1. The number of fused-ring (bicyclic) bond motifs is 1. The van der Waals surface area contributed by atoms with Crippen LogP contribution in [0.2, 0.25) is 0 Å². The zero-order valence-electron chi connectivity index (χ0n) is 19.7. The Hall–Kier alpha value is -4.53. The standard InChI is InChI=1S/C26H25N5O4/c1-4-35-26(34)20-14-28-31(21-13-17(3)19-12-8-9-16(2)23(19)29-21)24(20)30-22(32)15-27-25(33)18-10-6-5-7-11-18/h5-14H,4,15H2,1-3H3,(H,27,33)(H,30,32). The topological polar surface area (TPSA) is 115 Å². The highest BCUT2D eigenvalue weighted by Crippen LogP contribution is 2.26. The van der Waals surface area contributed by atoms with Crippen molar-refractivity contribution in [1.82, 2.24) is 20.1 Å². The molecule has 0 unspecified atom stereocenters. The Bertz CT molecular complexity index is 1410. The first-order chi connectivity index (χ1) is 16.9. The summed E-state index contributed by atoms with van der Waals surface area (Å²) in [5.41, 5.74) is 3.26. The summed E-state index contributed by atoms with van der Waals surface area (Å²) in [7, 11) is 0. The second-order valence-corrected chi connectivity index (χ2v) is 7.90. The van der Waals surface area contributed by atoms with Crippen LogP contribution in [0.25, 0.3) is 16.7 Å². The number of carbonyl (C=O) groups is 3. The summed E-state index contributed by atoms with van der Waals surface area (Å²) in [5.74, 6) is -1.00. The summed E-state index contributed by atoms with van der Waals surface area (Å²) < 4.78 is 6.53. The molecule has 0 aliphatic rings. The summed E-state index contributed by atoms with van der Waals surface area (Å²) in [5, 5.41) is 10.6. The number of para-hydroxylation sites is 1. The predicted molar refractivity (Wildman–Crippen MR) is 132 cm³/mol. The molecule has 2 aromatic heterocycles. The van der Waals surface area contributed by atoms with E-state index in [2.05, 4.69) is 15.7 Å². The fourth-order valence-electron chi connectivity index (χ4n) is 3.68. The van der Waals surface area contributed by atoms with Gasteiger partial charge in [0, 0.05) is 10.9 Å². The van der Waals surface area contributed by atoms with E-state index in [0.717, 1.165) is 22.0 Å². The average Bonchev–Trinajstić information content (AvgIpc) is 3.27. The first-order valence-corrected chi connectivity index (χ1v) is 11.1. The Balaban J connectivity index is 1.65. The van der Waals surface area contributed by atoms with Gasteiger partial charge in [0.1, 0.15) is 5.56 Å². The van der Waals surface area contributed by atoms with Gasteiger partial charge in [0.25, 0.3) is 5.91 Å². The summed E-state index contributed by atoms with van der Waals surface area (Å²) in [6.07, 6.45) is 1.33. The van der Waals surface area contributed by atoms with Gasteiger partial charge in [-0.2, -0.15) is 9.78 Å². The van der Waals surface area contributed by atoms with E-state index in [9.17, 15) is 14.4 Å². The molecule has 0 spiro atoms. The first-order valence-electron chi connectivity index (χ1n) is 11.1. The van der Waals surface area contributed by atoms with Crippen LogP contribution >= 0.6 is 0 Å². The number of nitrogens with zero attached hydrogens (tertiary/aromatic N) is 3. The van der Waals surface area contributed by atoms with Gasteiger partial charge in [-0.1, -0.05) is 36.4 Å². The number of hydrogen-bond acceptors (Lipinski definition) is 6. The third-order valence-electron chi connectivity index (χ3n) is 5.42. The zero-order valence-corrected chi connectivity index (χ0v) is 19.7. The molecular weight excluding hydrogens is 446 g/mol. The molecule has 2 heterocycles. The number of aryl methyl sites for hydroxylation is 2. The summed E-state index contributed by atoms with van der Waals surface area (Å²) in [4.78, 5) is 42.4. The Morgan fingerprint density at radius 3 is 2.51 bits per heavy atom. The second-order valence-electron chi connectivity index (χ2n) is 7.90. The molecule has 9 heteroatoms. The van der Waals surface area contributed by atoms with E-state index in [1.807, 2.05) is 38.1 Å². The zero-order chi connectivity index (χ0) is 24.9. The van der Waals surface area contributed by atoms with Crippen molar-refractivity contribution < 1.29 is 19.1 Å². The minimum Gasteiger partial charge on any atom is -0.462 e. The van der Waals surface area contributed by atoms with E-state index in [1.165, 1.54) is 10.9 Å². The molecule has 178 valence electrons. The van der Waals surface area contributed by atoms with Crippen LogP contribution in [0, 0.1) is 13.8 Å². The van der Waals surface area contributed by atoms with Crippen molar-refractivity contribution in [3.05, 3.63) is 83.0 Å². The smallest absolute Gasteiger partial charge is 0.343 e. The van der Waals surface area contributed by atoms with Gasteiger partial charge in [-0.25, -0.2) is 9.78 Å². The number of anilines is 1. The van der Waals surface area contributed by atoms with Crippen molar-refractivity contribution in [2.24, 2.45) is 0 Å². The lowest BCUT2D eigenvalue weighted by atomic mass is 10.1. The molecule has 0 aliphatic carbocycles. The van der Waals surface area contributed by atoms with Crippen molar-refractivity contribution in [3.63, 3.8) is 0 Å². The molecule has 0 atom stereocenters. The van der Waals surface area contributed by atoms with Gasteiger partial charge in [-0.05, 0) is 50.1 Å². The highest BCUT2D eigenvalue weighted by molar-refractivity contribution is 6.03. The number of amides is 2. The maximum Gasteiger partial charge on any atom is 0.343 e. The van der Waals surface area contributed by atoms with Gasteiger partial charge >= 0.3 is 5.97 Å². The highest BCUT2D eigenvalue weighted by atomic mass is 16.5. The third kappa shape index (κ3) is 5.03. The van der Waals surface area contributed by atoms with Gasteiger partial charge in [0.2, 0.25) is 5.91 Å². The highest BCUT2D eigenvalue weighted by Gasteiger charge is 2.23. The van der Waals surface area contributed by atoms with Crippen LogP contribution < -0.4 is 10.6 Å². The Labute approximate surface area is 202 Å². The van der Waals surface area contributed by atoms with Gasteiger partial charge < -0.3 is 15.4 Å². The van der Waals surface area contributed by atoms with E-state index in [-0.39, 0.29) is 30.4 Å². The van der Waals surface area contributed by atoms with Crippen LogP contribution in [0.4, 0.5) is 5.82 Å². The fourth-order valence-corrected chi connectivity index (χ4v) is 3.68. The summed E-state index contributed by atoms with van der Waals surface area (Å²) in [6, 6.07) is 16.3. The Morgan fingerprint density at radius 1 is 1.00 bits per heavy atom. The largest absolute Gasteiger partial charge is 0.462 e. The molecule has 2 amide bonds. The quantitative estimate of drug-likeness (QED) is 0.398. The van der Waals surface area contributed by atoms with Crippen LogP contribution in [0.1, 0.15) is 38.8 Å². The van der Waals surface area contributed by atoms with E-state index in [1.54, 1.807) is 37.3 Å². The number of hydrogen-bond donors (Lipinski definition) is 2. The molecule has 0 fully saturated rings. The van der Waals surface area contributed by atoms with Gasteiger partial charge in [0.15, 0.2) is 11.6 Å². The van der Waals surface area contributed by atoms with Crippen LogP contribution in [0.15, 0.2) is 60.8 Å². The van der Waals surface area contributed by atoms with Gasteiger partial charge in [-0.3, -0.25) is 9.59 Å². The lowest BCUT2D eigenvalue weighted by molar-refractivity contribution is -0.115. The summed E-state index contributed by atoms with van der Waals surface area (Å²) >= 11 is 0. The number of carbonyl (C=O) groups excluding carboxylic acids is 3. The minimum atomic E-state index is -0.629. The van der Waals surface area contributed by atoms with E-state index < -0.39 is 11.9 Å². The molecule has 0 saturated heterocycles. The van der Waals surface area contributed by atoms with Crippen LogP contribution in [-0.2, 0) is 9.53 Å². The number of benzene rings is 2. The first kappa shape index (κ1) is 23.6. The van der Waals surface area contributed by atoms with Crippen LogP contribution in [-0.4, -0.2) is 45.7 Å². The molecule has 0 aliphatic heterocycles. The molecular formula is C26H25N5O4. The second kappa shape index (κ2) is 10.2. The maximum absolute atomic E-state index is 12.8. The monoisotopic (exact) mass is 471 g/mol.